The van der Waals surface area contributed by atoms with E-state index >= 15 is 0 Å². The average molecular weight is 513 g/mol. The molecule has 37 heavy (non-hydrogen) atoms. The largest absolute Gasteiger partial charge is 0.345 e. The number of nitrogens with one attached hydrogen (secondary N) is 3. The summed E-state index contributed by atoms with van der Waals surface area (Å²) in [7, 11) is 0. The second-order valence-corrected chi connectivity index (χ2v) is 8.60. The van der Waals surface area contributed by atoms with Gasteiger partial charge in [-0.2, -0.15) is 4.68 Å². The molecular weight excluding hydrogens is 492 g/mol. The van der Waals surface area contributed by atoms with Gasteiger partial charge in [0.25, 0.3) is 0 Å². The summed E-state index contributed by atoms with van der Waals surface area (Å²) in [5.41, 5.74) is 4.36. The van der Waals surface area contributed by atoms with Crippen LogP contribution in [-0.4, -0.2) is 48.0 Å². The first-order valence-electron chi connectivity index (χ1n) is 11.3. The van der Waals surface area contributed by atoms with Crippen molar-refractivity contribution in [2.24, 2.45) is 0 Å². The molecule has 0 bridgehead atoms. The lowest BCUT2D eigenvalue weighted by Crippen LogP contribution is -2.44. The number of carbonyl (C=O) groups is 2. The Morgan fingerprint density at radius 3 is 2.76 bits per heavy atom. The molecule has 10 nitrogen and oxygen atoms in total. The summed E-state index contributed by atoms with van der Waals surface area (Å²) in [5, 5.41) is 17.4. The lowest BCUT2D eigenvalue weighted by molar-refractivity contribution is -0.123. The van der Waals surface area contributed by atoms with E-state index in [1.807, 2.05) is 36.4 Å². The summed E-state index contributed by atoms with van der Waals surface area (Å²) < 4.78 is 1.47. The molecule has 5 rings (SSSR count). The third-order valence-corrected chi connectivity index (χ3v) is 5.84. The van der Waals surface area contributed by atoms with Crippen LogP contribution in [0.15, 0.2) is 85.5 Å². The number of imidazole rings is 1. The maximum atomic E-state index is 13.2. The van der Waals surface area contributed by atoms with Gasteiger partial charge in [-0.1, -0.05) is 41.9 Å². The van der Waals surface area contributed by atoms with Gasteiger partial charge >= 0.3 is 0 Å². The Hall–Kier alpha value is -4.83. The fourth-order valence-corrected chi connectivity index (χ4v) is 4.01. The Balaban J connectivity index is 1.35. The first-order chi connectivity index (χ1) is 18.0. The molecule has 2 heterocycles. The van der Waals surface area contributed by atoms with Crippen LogP contribution in [0.25, 0.3) is 22.8 Å². The zero-order chi connectivity index (χ0) is 25.6. The first-order valence-corrected chi connectivity index (χ1v) is 11.7. The second kappa shape index (κ2) is 10.8. The lowest BCUT2D eigenvalue weighted by atomic mass is 10.0. The number of halogens is 1. The second-order valence-electron chi connectivity index (χ2n) is 8.17. The van der Waals surface area contributed by atoms with Gasteiger partial charge < -0.3 is 15.6 Å². The molecule has 11 heteroatoms. The van der Waals surface area contributed by atoms with Crippen molar-refractivity contribution in [2.75, 3.05) is 5.32 Å². The summed E-state index contributed by atoms with van der Waals surface area (Å²) >= 11 is 6.16. The standard InChI is InChI=1S/C26H21ClN8O2/c27-19-7-10-24(35-16-30-33-34-35)18(13-19)6-11-25(36)32-23(12-17-4-2-1-3-5-17)26(37)31-20-8-9-21-22(14-20)29-15-28-21/h1-11,13-16,23H,12H2,(H,28,29)(H,31,37)(H,32,36)/b11-6+/t23-/m0/s1. The van der Waals surface area contributed by atoms with Gasteiger partial charge in [-0.25, -0.2) is 4.98 Å². The number of fused-ring (bicyclic) bond motifs is 1. The number of benzene rings is 3. The Kier molecular flexibility index (Phi) is 7.00. The van der Waals surface area contributed by atoms with Gasteiger partial charge in [0, 0.05) is 28.8 Å². The number of H-pyrrole nitrogens is 1. The van der Waals surface area contributed by atoms with Crippen molar-refractivity contribution < 1.29 is 9.59 Å². The zero-order valence-corrected chi connectivity index (χ0v) is 20.1. The van der Waals surface area contributed by atoms with E-state index in [4.69, 9.17) is 11.6 Å². The topological polar surface area (TPSA) is 130 Å². The van der Waals surface area contributed by atoms with Crippen molar-refractivity contribution in [3.05, 3.63) is 102 Å². The van der Waals surface area contributed by atoms with Gasteiger partial charge in [-0.15, -0.1) is 5.10 Å². The van der Waals surface area contributed by atoms with E-state index in [0.717, 1.165) is 16.6 Å². The predicted molar refractivity (Wildman–Crippen MR) is 140 cm³/mol. The molecule has 5 aromatic rings. The van der Waals surface area contributed by atoms with E-state index in [1.165, 1.54) is 17.1 Å². The summed E-state index contributed by atoms with van der Waals surface area (Å²) in [6.45, 7) is 0. The van der Waals surface area contributed by atoms with E-state index in [-0.39, 0.29) is 5.91 Å². The molecule has 0 aliphatic rings. The maximum absolute atomic E-state index is 13.2. The van der Waals surface area contributed by atoms with Crippen LogP contribution < -0.4 is 10.6 Å². The minimum Gasteiger partial charge on any atom is -0.345 e. The Morgan fingerprint density at radius 1 is 1.08 bits per heavy atom. The molecule has 3 aromatic carbocycles. The molecule has 1 atom stereocenters. The molecule has 0 saturated heterocycles. The molecule has 0 aliphatic heterocycles. The smallest absolute Gasteiger partial charge is 0.247 e. The highest BCUT2D eigenvalue weighted by Gasteiger charge is 2.21. The highest BCUT2D eigenvalue weighted by molar-refractivity contribution is 6.30. The zero-order valence-electron chi connectivity index (χ0n) is 19.4. The fraction of sp³-hybridized carbons (Fsp3) is 0.0769. The van der Waals surface area contributed by atoms with Crippen LogP contribution in [0.3, 0.4) is 0 Å². The molecule has 3 N–H and O–H groups in total. The van der Waals surface area contributed by atoms with Crippen LogP contribution in [0.4, 0.5) is 5.69 Å². The SMILES string of the molecule is O=C(/C=C/c1cc(Cl)ccc1-n1cnnn1)N[C@@H](Cc1ccccc1)C(=O)Nc1ccc2nc[nH]c2c1. The Bertz CT molecular complexity index is 1560. The molecule has 0 saturated carbocycles. The van der Waals surface area contributed by atoms with Gasteiger partial charge in [-0.05, 0) is 58.5 Å². The number of tetrazole rings is 1. The van der Waals surface area contributed by atoms with Gasteiger partial charge in [0.2, 0.25) is 11.8 Å². The molecule has 2 aromatic heterocycles. The Labute approximate surface area is 216 Å². The minimum atomic E-state index is -0.824. The summed E-state index contributed by atoms with van der Waals surface area (Å²) in [4.78, 5) is 33.4. The van der Waals surface area contributed by atoms with E-state index in [1.54, 1.807) is 42.7 Å². The number of nitrogens with zero attached hydrogens (tertiary/aromatic N) is 5. The maximum Gasteiger partial charge on any atom is 0.247 e. The molecule has 0 radical (unpaired) electrons. The molecule has 0 unspecified atom stereocenters. The highest BCUT2D eigenvalue weighted by Crippen LogP contribution is 2.20. The van der Waals surface area contributed by atoms with Gasteiger partial charge in [0.1, 0.15) is 12.4 Å². The van der Waals surface area contributed by atoms with Crippen LogP contribution in [0.2, 0.25) is 5.02 Å². The molecule has 0 aliphatic carbocycles. The van der Waals surface area contributed by atoms with Crippen LogP contribution in [-0.2, 0) is 16.0 Å². The average Bonchev–Trinajstić information content (AvgIpc) is 3.60. The van der Waals surface area contributed by atoms with E-state index < -0.39 is 11.9 Å². The monoisotopic (exact) mass is 512 g/mol. The van der Waals surface area contributed by atoms with Gasteiger partial charge in [0.05, 0.1) is 23.0 Å². The minimum absolute atomic E-state index is 0.311. The van der Waals surface area contributed by atoms with Crippen molar-refractivity contribution in [3.8, 4) is 5.69 Å². The predicted octanol–water partition coefficient (Wildman–Crippen LogP) is 3.57. The lowest BCUT2D eigenvalue weighted by Gasteiger charge is -2.18. The molecule has 184 valence electrons. The quantitative estimate of drug-likeness (QED) is 0.272. The normalized spacial score (nSPS) is 12.0. The molecule has 0 spiro atoms. The van der Waals surface area contributed by atoms with Crippen LogP contribution in [0, 0.1) is 0 Å². The fourth-order valence-electron chi connectivity index (χ4n) is 3.83. The Morgan fingerprint density at radius 2 is 1.95 bits per heavy atom. The number of amides is 2. The van der Waals surface area contributed by atoms with E-state index in [9.17, 15) is 9.59 Å². The number of anilines is 1. The van der Waals surface area contributed by atoms with Crippen LogP contribution in [0.5, 0.6) is 0 Å². The number of hydrogen-bond donors (Lipinski definition) is 3. The third kappa shape index (κ3) is 5.88. The van der Waals surface area contributed by atoms with Crippen molar-refractivity contribution in [3.63, 3.8) is 0 Å². The highest BCUT2D eigenvalue weighted by atomic mass is 35.5. The third-order valence-electron chi connectivity index (χ3n) is 5.60. The molecule has 2 amide bonds. The number of aromatic amines is 1. The summed E-state index contributed by atoms with van der Waals surface area (Å²) in [6, 6.07) is 19.2. The number of rotatable bonds is 8. The van der Waals surface area contributed by atoms with E-state index in [0.29, 0.717) is 28.4 Å². The van der Waals surface area contributed by atoms with Crippen LogP contribution in [0.1, 0.15) is 11.1 Å². The van der Waals surface area contributed by atoms with Gasteiger partial charge in [-0.3, -0.25) is 9.59 Å². The first kappa shape index (κ1) is 23.9. The number of aromatic nitrogens is 6. The van der Waals surface area contributed by atoms with Crippen molar-refractivity contribution in [1.29, 1.82) is 0 Å². The number of hydrogen-bond acceptors (Lipinski definition) is 6. The van der Waals surface area contributed by atoms with Crippen molar-refractivity contribution >= 4 is 46.2 Å². The molecular formula is C26H21ClN8O2. The van der Waals surface area contributed by atoms with Crippen molar-refractivity contribution in [1.82, 2.24) is 35.5 Å². The molecule has 0 fully saturated rings. The van der Waals surface area contributed by atoms with Crippen molar-refractivity contribution in [2.45, 2.75) is 12.5 Å². The van der Waals surface area contributed by atoms with E-state index in [2.05, 4.69) is 36.1 Å². The van der Waals surface area contributed by atoms with Crippen LogP contribution >= 0.6 is 11.6 Å². The van der Waals surface area contributed by atoms with Gasteiger partial charge in [0.15, 0.2) is 0 Å². The summed E-state index contributed by atoms with van der Waals surface area (Å²) in [5.74, 6) is -0.788. The number of carbonyl (C=O) groups excluding carboxylic acids is 2. The summed E-state index contributed by atoms with van der Waals surface area (Å²) in [6.07, 6.45) is 6.29.